The van der Waals surface area contributed by atoms with E-state index in [1.807, 2.05) is 11.8 Å². The molecule has 0 aliphatic rings. The first-order valence-corrected chi connectivity index (χ1v) is 7.53. The van der Waals surface area contributed by atoms with E-state index in [1.54, 1.807) is 12.3 Å². The summed E-state index contributed by atoms with van der Waals surface area (Å²) >= 11 is 1.85. The van der Waals surface area contributed by atoms with Gasteiger partial charge in [0.05, 0.1) is 7.11 Å². The van der Waals surface area contributed by atoms with Crippen LogP contribution >= 0.6 is 11.8 Å². The molecule has 0 saturated carbocycles. The monoisotopic (exact) mass is 283 g/mol. The summed E-state index contributed by atoms with van der Waals surface area (Å²) in [5.41, 5.74) is 0. The van der Waals surface area contributed by atoms with Gasteiger partial charge >= 0.3 is 5.97 Å². The van der Waals surface area contributed by atoms with Gasteiger partial charge in [-0.15, -0.1) is 0 Å². The molecule has 0 fully saturated rings. The summed E-state index contributed by atoms with van der Waals surface area (Å²) in [6.45, 7) is 5.17. The van der Waals surface area contributed by atoms with Crippen molar-refractivity contribution < 1.29 is 9.53 Å². The highest BCUT2D eigenvalue weighted by Gasteiger charge is 2.24. The number of aromatic nitrogens is 2. The lowest BCUT2D eigenvalue weighted by Gasteiger charge is -2.30. The third-order valence-electron chi connectivity index (χ3n) is 3.34. The molecule has 0 amide bonds. The van der Waals surface area contributed by atoms with E-state index in [0.29, 0.717) is 5.82 Å². The Hall–Kier alpha value is -1.30. The number of hydrogen-bond acceptors (Lipinski definition) is 6. The van der Waals surface area contributed by atoms with Crippen LogP contribution in [0.5, 0.6) is 0 Å². The molecule has 0 radical (unpaired) electrons. The van der Waals surface area contributed by atoms with Crippen LogP contribution < -0.4 is 5.32 Å². The number of rotatable bonds is 7. The zero-order valence-corrected chi connectivity index (χ0v) is 12.7. The summed E-state index contributed by atoms with van der Waals surface area (Å²) in [4.78, 5) is 19.4. The Morgan fingerprint density at radius 2 is 2.16 bits per heavy atom. The van der Waals surface area contributed by atoms with E-state index >= 15 is 0 Å². The van der Waals surface area contributed by atoms with Crippen LogP contribution in [0.25, 0.3) is 0 Å². The third kappa shape index (κ3) is 4.09. The number of methoxy groups -OCH3 is 1. The van der Waals surface area contributed by atoms with E-state index in [1.165, 1.54) is 7.11 Å². The minimum Gasteiger partial charge on any atom is -0.463 e. The Balaban J connectivity index is 2.75. The van der Waals surface area contributed by atoms with E-state index in [-0.39, 0.29) is 10.6 Å². The zero-order valence-electron chi connectivity index (χ0n) is 11.9. The largest absolute Gasteiger partial charge is 0.463 e. The molecule has 19 heavy (non-hydrogen) atoms. The van der Waals surface area contributed by atoms with Gasteiger partial charge in [0, 0.05) is 17.5 Å². The average Bonchev–Trinajstić information content (AvgIpc) is 2.48. The van der Waals surface area contributed by atoms with Crippen molar-refractivity contribution in [2.45, 2.75) is 31.4 Å². The van der Waals surface area contributed by atoms with Gasteiger partial charge in [0.25, 0.3) is 0 Å². The molecule has 0 bridgehead atoms. The lowest BCUT2D eigenvalue weighted by molar-refractivity contribution is 0.0587. The number of nitrogens with zero attached hydrogens (tertiary/aromatic N) is 2. The number of thioether (sulfide) groups is 1. The Kier molecular flexibility index (Phi) is 6.08. The molecule has 1 N–H and O–H groups in total. The molecule has 5 nitrogen and oxygen atoms in total. The second-order valence-corrected chi connectivity index (χ2v) is 5.48. The molecule has 0 aromatic carbocycles. The maximum Gasteiger partial charge on any atom is 0.376 e. The number of nitrogens with one attached hydrogen (secondary N) is 1. The second-order valence-electron chi connectivity index (χ2n) is 4.20. The molecule has 6 heteroatoms. The topological polar surface area (TPSA) is 64.1 Å². The molecule has 106 valence electrons. The molecule has 1 aromatic heterocycles. The van der Waals surface area contributed by atoms with Crippen LogP contribution in [0.2, 0.25) is 0 Å². The van der Waals surface area contributed by atoms with Crippen LogP contribution in [0.15, 0.2) is 12.3 Å². The minimum atomic E-state index is -0.522. The van der Waals surface area contributed by atoms with Gasteiger partial charge in [-0.3, -0.25) is 0 Å². The van der Waals surface area contributed by atoms with Crippen molar-refractivity contribution in [1.82, 2.24) is 9.97 Å². The second kappa shape index (κ2) is 7.33. The highest BCUT2D eigenvalue weighted by atomic mass is 32.2. The fourth-order valence-corrected chi connectivity index (χ4v) is 2.55. The first-order valence-electron chi connectivity index (χ1n) is 6.31. The summed E-state index contributed by atoms with van der Waals surface area (Å²) in [6.07, 6.45) is 5.83. The minimum absolute atomic E-state index is 0.0789. The van der Waals surface area contributed by atoms with E-state index in [0.717, 1.165) is 19.4 Å². The summed E-state index contributed by atoms with van der Waals surface area (Å²) in [6, 6.07) is 1.75. The molecule has 0 spiro atoms. The van der Waals surface area contributed by atoms with Crippen molar-refractivity contribution in [2.75, 3.05) is 25.2 Å². The van der Waals surface area contributed by atoms with Gasteiger partial charge in [-0.2, -0.15) is 11.8 Å². The van der Waals surface area contributed by atoms with E-state index < -0.39 is 5.97 Å². The maximum absolute atomic E-state index is 11.4. The third-order valence-corrected chi connectivity index (χ3v) is 4.92. The van der Waals surface area contributed by atoms with Crippen LogP contribution in [0.1, 0.15) is 37.3 Å². The van der Waals surface area contributed by atoms with E-state index in [4.69, 9.17) is 0 Å². The smallest absolute Gasteiger partial charge is 0.376 e. The lowest BCUT2D eigenvalue weighted by atomic mass is 10.0. The first kappa shape index (κ1) is 15.8. The number of esters is 1. The van der Waals surface area contributed by atoms with Gasteiger partial charge in [-0.25, -0.2) is 14.8 Å². The normalized spacial score (nSPS) is 11.2. The van der Waals surface area contributed by atoms with Crippen LogP contribution in [0.3, 0.4) is 0 Å². The molecule has 0 saturated heterocycles. The number of hydrogen-bond donors (Lipinski definition) is 1. The number of carbonyl (C=O) groups excluding carboxylic acids is 1. The van der Waals surface area contributed by atoms with Crippen molar-refractivity contribution in [3.63, 3.8) is 0 Å². The Labute approximate surface area is 118 Å². The molecular formula is C13H21N3O2S. The van der Waals surface area contributed by atoms with Gasteiger partial charge in [-0.05, 0) is 25.2 Å². The SMILES string of the molecule is CCC(CC)(CNc1ccnc(C(=O)OC)n1)SC. The quantitative estimate of drug-likeness (QED) is 0.776. The summed E-state index contributed by atoms with van der Waals surface area (Å²) in [7, 11) is 1.32. The zero-order chi connectivity index (χ0) is 14.3. The first-order chi connectivity index (χ1) is 9.10. The summed E-state index contributed by atoms with van der Waals surface area (Å²) in [5.74, 6) is 0.205. The predicted octanol–water partition coefficient (Wildman–Crippen LogP) is 2.60. The van der Waals surface area contributed by atoms with E-state index in [9.17, 15) is 4.79 Å². The highest BCUT2D eigenvalue weighted by Crippen LogP contribution is 2.30. The summed E-state index contributed by atoms with van der Waals surface area (Å²) in [5, 5.41) is 3.28. The van der Waals surface area contributed by atoms with Gasteiger partial charge in [0.2, 0.25) is 5.82 Å². The standard InChI is InChI=1S/C13H21N3O2S/c1-5-13(6-2,19-4)9-15-10-7-8-14-11(16-10)12(17)18-3/h7-8H,5-6,9H2,1-4H3,(H,14,15,16). The maximum atomic E-state index is 11.4. The fourth-order valence-electron chi connectivity index (χ4n) is 1.76. The lowest BCUT2D eigenvalue weighted by Crippen LogP contribution is -2.32. The van der Waals surface area contributed by atoms with Gasteiger partial charge in [0.15, 0.2) is 0 Å². The van der Waals surface area contributed by atoms with Crippen molar-refractivity contribution in [3.05, 3.63) is 18.1 Å². The van der Waals surface area contributed by atoms with E-state index in [2.05, 4.69) is 40.1 Å². The molecule has 0 aliphatic heterocycles. The van der Waals surface area contributed by atoms with Crippen LogP contribution in [-0.4, -0.2) is 40.6 Å². The van der Waals surface area contributed by atoms with Crippen molar-refractivity contribution in [3.8, 4) is 0 Å². The predicted molar refractivity (Wildman–Crippen MR) is 78.7 cm³/mol. The summed E-state index contributed by atoms with van der Waals surface area (Å²) < 4.78 is 4.80. The van der Waals surface area contributed by atoms with Crippen LogP contribution in [0.4, 0.5) is 5.82 Å². The van der Waals surface area contributed by atoms with Crippen molar-refractivity contribution in [1.29, 1.82) is 0 Å². The number of anilines is 1. The number of carbonyl (C=O) groups is 1. The fraction of sp³-hybridized carbons (Fsp3) is 0.615. The number of ether oxygens (including phenoxy) is 1. The van der Waals surface area contributed by atoms with Crippen molar-refractivity contribution in [2.24, 2.45) is 0 Å². The molecule has 1 heterocycles. The highest BCUT2D eigenvalue weighted by molar-refractivity contribution is 8.00. The molecule has 1 rings (SSSR count). The molecule has 0 atom stereocenters. The van der Waals surface area contributed by atoms with Crippen LogP contribution in [-0.2, 0) is 4.74 Å². The molecular weight excluding hydrogens is 262 g/mol. The average molecular weight is 283 g/mol. The molecule has 0 unspecified atom stereocenters. The Morgan fingerprint density at radius 1 is 1.47 bits per heavy atom. The molecule has 0 aliphatic carbocycles. The molecule has 1 aromatic rings. The van der Waals surface area contributed by atoms with Crippen molar-refractivity contribution >= 4 is 23.5 Å². The Bertz CT molecular complexity index is 414. The van der Waals surface area contributed by atoms with Crippen LogP contribution in [0, 0.1) is 0 Å². The van der Waals surface area contributed by atoms with Gasteiger partial charge < -0.3 is 10.1 Å². The Morgan fingerprint density at radius 3 is 2.68 bits per heavy atom. The van der Waals surface area contributed by atoms with Gasteiger partial charge in [-0.1, -0.05) is 13.8 Å². The van der Waals surface area contributed by atoms with Gasteiger partial charge in [0.1, 0.15) is 5.82 Å².